The molecule has 114 valence electrons. The Labute approximate surface area is 127 Å². The van der Waals surface area contributed by atoms with E-state index in [1.165, 1.54) is 11.1 Å². The molecule has 0 radical (unpaired) electrons. The van der Waals surface area contributed by atoms with Crippen LogP contribution in [0.3, 0.4) is 0 Å². The third-order valence-electron chi connectivity index (χ3n) is 3.75. The smallest absolute Gasteiger partial charge is 0.0643 e. The van der Waals surface area contributed by atoms with Crippen molar-refractivity contribution in [1.82, 2.24) is 20.1 Å². The number of hydrogen-bond donors (Lipinski definition) is 1. The summed E-state index contributed by atoms with van der Waals surface area (Å²) in [5.74, 6) is 0. The van der Waals surface area contributed by atoms with Gasteiger partial charge in [0, 0.05) is 37.1 Å². The second-order valence-electron chi connectivity index (χ2n) is 5.62. The van der Waals surface area contributed by atoms with Crippen molar-refractivity contribution in [2.75, 3.05) is 6.54 Å². The van der Waals surface area contributed by atoms with Crippen LogP contribution >= 0.6 is 0 Å². The normalized spacial score (nSPS) is 12.8. The van der Waals surface area contributed by atoms with E-state index in [0.717, 1.165) is 25.1 Å². The van der Waals surface area contributed by atoms with E-state index >= 15 is 0 Å². The highest BCUT2D eigenvalue weighted by molar-refractivity contribution is 5.28. The summed E-state index contributed by atoms with van der Waals surface area (Å²) in [5, 5.41) is 8.26. The molecule has 0 saturated carbocycles. The summed E-state index contributed by atoms with van der Waals surface area (Å²) >= 11 is 0. The lowest BCUT2D eigenvalue weighted by Gasteiger charge is -2.20. The quantitative estimate of drug-likeness (QED) is 0.849. The minimum atomic E-state index is 0.295. The summed E-state index contributed by atoms with van der Waals surface area (Å²) in [6.07, 6.45) is 7.84. The van der Waals surface area contributed by atoms with Crippen molar-refractivity contribution in [1.29, 1.82) is 0 Å². The lowest BCUT2D eigenvalue weighted by Crippen LogP contribution is -2.24. The maximum absolute atomic E-state index is 4.67. The molecule has 21 heavy (non-hydrogen) atoms. The number of hydrogen-bond acceptors (Lipinski definition) is 3. The molecule has 0 aliphatic heterocycles. The van der Waals surface area contributed by atoms with E-state index in [9.17, 15) is 0 Å². The number of rotatable bonds is 7. The average Bonchev–Trinajstić information content (AvgIpc) is 2.95. The highest BCUT2D eigenvalue weighted by Gasteiger charge is 2.16. The van der Waals surface area contributed by atoms with Gasteiger partial charge in [-0.2, -0.15) is 5.10 Å². The van der Waals surface area contributed by atoms with Crippen LogP contribution in [0.5, 0.6) is 0 Å². The summed E-state index contributed by atoms with van der Waals surface area (Å²) in [6, 6.07) is 4.95. The Morgan fingerprint density at radius 1 is 1.24 bits per heavy atom. The van der Waals surface area contributed by atoms with E-state index in [2.05, 4.69) is 61.4 Å². The van der Waals surface area contributed by atoms with Crippen LogP contribution in [-0.2, 0) is 12.8 Å². The van der Waals surface area contributed by atoms with Crippen LogP contribution in [0.2, 0.25) is 0 Å². The van der Waals surface area contributed by atoms with Crippen LogP contribution in [0.1, 0.15) is 56.6 Å². The van der Waals surface area contributed by atoms with Crippen molar-refractivity contribution in [2.24, 2.45) is 0 Å². The van der Waals surface area contributed by atoms with Gasteiger partial charge in [-0.25, -0.2) is 0 Å². The minimum Gasteiger partial charge on any atom is -0.310 e. The number of aromatic nitrogens is 3. The minimum absolute atomic E-state index is 0.295. The van der Waals surface area contributed by atoms with E-state index in [4.69, 9.17) is 0 Å². The van der Waals surface area contributed by atoms with Crippen LogP contribution in [0, 0.1) is 0 Å². The number of aryl methyl sites for hydroxylation is 1. The van der Waals surface area contributed by atoms with Crippen LogP contribution < -0.4 is 5.32 Å². The van der Waals surface area contributed by atoms with Crippen molar-refractivity contribution in [3.8, 4) is 0 Å². The molecule has 0 aliphatic carbocycles. The molecule has 0 saturated heterocycles. The number of pyridine rings is 1. The molecular formula is C17H26N4. The fourth-order valence-corrected chi connectivity index (χ4v) is 2.59. The summed E-state index contributed by atoms with van der Waals surface area (Å²) in [4.78, 5) is 4.25. The van der Waals surface area contributed by atoms with Crippen LogP contribution in [0.25, 0.3) is 0 Å². The Hall–Kier alpha value is -1.68. The van der Waals surface area contributed by atoms with Crippen molar-refractivity contribution >= 4 is 0 Å². The second-order valence-corrected chi connectivity index (χ2v) is 5.62. The van der Waals surface area contributed by atoms with Gasteiger partial charge in [0.05, 0.1) is 5.69 Å². The summed E-state index contributed by atoms with van der Waals surface area (Å²) in [7, 11) is 0. The fourth-order valence-electron chi connectivity index (χ4n) is 2.59. The largest absolute Gasteiger partial charge is 0.310 e. The van der Waals surface area contributed by atoms with E-state index in [-0.39, 0.29) is 0 Å². The van der Waals surface area contributed by atoms with Gasteiger partial charge in [-0.3, -0.25) is 9.67 Å². The van der Waals surface area contributed by atoms with Crippen LogP contribution in [0.4, 0.5) is 0 Å². The zero-order valence-corrected chi connectivity index (χ0v) is 13.5. The van der Waals surface area contributed by atoms with Gasteiger partial charge in [0.25, 0.3) is 0 Å². The first-order valence-electron chi connectivity index (χ1n) is 7.85. The topological polar surface area (TPSA) is 42.7 Å². The third-order valence-corrected chi connectivity index (χ3v) is 3.75. The maximum Gasteiger partial charge on any atom is 0.0643 e. The lowest BCUT2D eigenvalue weighted by molar-refractivity contribution is 0.505. The number of nitrogens with one attached hydrogen (secondary N) is 1. The van der Waals surface area contributed by atoms with Gasteiger partial charge in [0.2, 0.25) is 0 Å². The molecule has 4 heteroatoms. The molecule has 0 fully saturated rings. The molecule has 0 aliphatic rings. The molecule has 0 bridgehead atoms. The Balaban J connectivity index is 2.22. The van der Waals surface area contributed by atoms with Gasteiger partial charge in [-0.05, 0) is 50.1 Å². The summed E-state index contributed by atoms with van der Waals surface area (Å²) < 4.78 is 2.02. The SMILES string of the molecule is CCNC(Cc1ccn(C(C)C)n1)c1ccncc1CC. The van der Waals surface area contributed by atoms with Gasteiger partial charge in [-0.1, -0.05) is 13.8 Å². The Morgan fingerprint density at radius 3 is 2.67 bits per heavy atom. The second kappa shape index (κ2) is 7.36. The fraction of sp³-hybridized carbons (Fsp3) is 0.529. The Bertz CT molecular complexity index is 559. The van der Waals surface area contributed by atoms with Gasteiger partial charge >= 0.3 is 0 Å². The summed E-state index contributed by atoms with van der Waals surface area (Å²) in [5.41, 5.74) is 3.79. The molecule has 2 aromatic heterocycles. The molecule has 2 heterocycles. The standard InChI is InChI=1S/C17H26N4/c1-5-14-12-18-9-7-16(14)17(19-6-2)11-15-8-10-21(20-15)13(3)4/h7-10,12-13,17,19H,5-6,11H2,1-4H3. The van der Waals surface area contributed by atoms with Crippen molar-refractivity contribution in [2.45, 2.75) is 52.6 Å². The van der Waals surface area contributed by atoms with E-state index < -0.39 is 0 Å². The molecule has 4 nitrogen and oxygen atoms in total. The molecule has 0 spiro atoms. The van der Waals surface area contributed by atoms with E-state index in [1.54, 1.807) is 0 Å². The van der Waals surface area contributed by atoms with Gasteiger partial charge in [0.15, 0.2) is 0 Å². The van der Waals surface area contributed by atoms with Gasteiger partial charge < -0.3 is 5.32 Å². The van der Waals surface area contributed by atoms with Gasteiger partial charge in [0.1, 0.15) is 0 Å². The van der Waals surface area contributed by atoms with Crippen molar-refractivity contribution in [3.05, 3.63) is 47.5 Å². The summed E-state index contributed by atoms with van der Waals surface area (Å²) in [6.45, 7) is 9.57. The molecule has 2 rings (SSSR count). The molecule has 2 aromatic rings. The average molecular weight is 286 g/mol. The maximum atomic E-state index is 4.67. The zero-order chi connectivity index (χ0) is 15.2. The van der Waals surface area contributed by atoms with E-state index in [1.807, 2.05) is 17.1 Å². The predicted molar refractivity (Wildman–Crippen MR) is 86.3 cm³/mol. The third kappa shape index (κ3) is 3.91. The molecule has 1 N–H and O–H groups in total. The number of likely N-dealkylation sites (N-methyl/N-ethyl adjacent to an activating group) is 1. The molecular weight excluding hydrogens is 260 g/mol. The Morgan fingerprint density at radius 2 is 2.05 bits per heavy atom. The molecule has 0 aromatic carbocycles. The zero-order valence-electron chi connectivity index (χ0n) is 13.5. The first kappa shape index (κ1) is 15.7. The number of nitrogens with zero attached hydrogens (tertiary/aromatic N) is 3. The highest BCUT2D eigenvalue weighted by atomic mass is 15.3. The van der Waals surface area contributed by atoms with E-state index in [0.29, 0.717) is 12.1 Å². The van der Waals surface area contributed by atoms with Crippen molar-refractivity contribution < 1.29 is 0 Å². The molecule has 1 atom stereocenters. The monoisotopic (exact) mass is 286 g/mol. The predicted octanol–water partition coefficient (Wildman–Crippen LogP) is 3.31. The van der Waals surface area contributed by atoms with Crippen molar-refractivity contribution in [3.63, 3.8) is 0 Å². The molecule has 0 amide bonds. The van der Waals surface area contributed by atoms with Gasteiger partial charge in [-0.15, -0.1) is 0 Å². The highest BCUT2D eigenvalue weighted by Crippen LogP contribution is 2.21. The molecule has 1 unspecified atom stereocenters. The Kier molecular flexibility index (Phi) is 5.51. The first-order valence-corrected chi connectivity index (χ1v) is 7.85. The first-order chi connectivity index (χ1) is 10.2. The van der Waals surface area contributed by atoms with Crippen LogP contribution in [0.15, 0.2) is 30.7 Å². The van der Waals surface area contributed by atoms with Crippen LogP contribution in [-0.4, -0.2) is 21.3 Å². The lowest BCUT2D eigenvalue weighted by atomic mass is 9.97.